The second-order valence-corrected chi connectivity index (χ2v) is 10.2. The Balaban J connectivity index is 1.29. The Labute approximate surface area is 238 Å². The summed E-state index contributed by atoms with van der Waals surface area (Å²) < 4.78 is 27.8. The smallest absolute Gasteiger partial charge is 0.336 e. The first-order chi connectivity index (χ1) is 20.0. The van der Waals surface area contributed by atoms with E-state index < -0.39 is 11.9 Å². The maximum Gasteiger partial charge on any atom is 0.336 e. The number of hydrogen-bond donors (Lipinski definition) is 1. The van der Waals surface area contributed by atoms with E-state index in [1.807, 2.05) is 79.7 Å². The molecule has 1 N–H and O–H groups in total. The van der Waals surface area contributed by atoms with Gasteiger partial charge < -0.3 is 29.0 Å². The molecule has 8 nitrogen and oxygen atoms in total. The second-order valence-electron chi connectivity index (χ2n) is 10.2. The summed E-state index contributed by atoms with van der Waals surface area (Å²) in [4.78, 5) is 27.5. The summed E-state index contributed by atoms with van der Waals surface area (Å²) in [5.74, 6) is 1.59. The number of carbonyl (C=O) groups excluding carboxylic acids is 2. The Morgan fingerprint density at radius 2 is 1.66 bits per heavy atom. The van der Waals surface area contributed by atoms with Crippen molar-refractivity contribution in [1.29, 1.82) is 0 Å². The lowest BCUT2D eigenvalue weighted by Crippen LogP contribution is -2.36. The van der Waals surface area contributed by atoms with Crippen LogP contribution in [-0.2, 0) is 14.3 Å². The van der Waals surface area contributed by atoms with Gasteiger partial charge in [-0.05, 0) is 66.8 Å². The van der Waals surface area contributed by atoms with Gasteiger partial charge in [0.1, 0.15) is 24.7 Å². The number of allylic oxidation sites excluding steroid dienone is 3. The van der Waals surface area contributed by atoms with Crippen LogP contribution in [0.2, 0.25) is 0 Å². The molecule has 0 fully saturated rings. The van der Waals surface area contributed by atoms with E-state index in [1.165, 1.54) is 0 Å². The van der Waals surface area contributed by atoms with Crippen molar-refractivity contribution in [1.82, 2.24) is 5.32 Å². The number of rotatable bonds is 8. The molecule has 0 saturated carbocycles. The van der Waals surface area contributed by atoms with E-state index in [-0.39, 0.29) is 31.7 Å². The average Bonchev–Trinajstić information content (AvgIpc) is 3.47. The first kappa shape index (κ1) is 26.5. The van der Waals surface area contributed by atoms with E-state index in [4.69, 9.17) is 23.7 Å². The van der Waals surface area contributed by atoms with Crippen molar-refractivity contribution in [3.8, 4) is 23.0 Å². The quantitative estimate of drug-likeness (QED) is 0.293. The highest BCUT2D eigenvalue weighted by molar-refractivity contribution is 6.04. The van der Waals surface area contributed by atoms with Crippen LogP contribution in [0.15, 0.2) is 95.3 Å². The second kappa shape index (κ2) is 11.4. The number of ketones is 1. The monoisotopic (exact) mass is 553 g/mol. The molecule has 3 aliphatic rings. The van der Waals surface area contributed by atoms with Crippen LogP contribution in [0.4, 0.5) is 0 Å². The molecule has 0 saturated heterocycles. The molecular weight excluding hydrogens is 522 g/mol. The van der Waals surface area contributed by atoms with E-state index in [2.05, 4.69) is 5.32 Å². The summed E-state index contributed by atoms with van der Waals surface area (Å²) in [6.07, 6.45) is 0.971. The molecule has 6 rings (SSSR count). The number of carbonyl (C=O) groups is 2. The third-order valence-corrected chi connectivity index (χ3v) is 7.69. The minimum absolute atomic E-state index is 0.00699. The zero-order valence-electron chi connectivity index (χ0n) is 23.0. The largest absolute Gasteiger partial charge is 0.497 e. The molecule has 0 spiro atoms. The van der Waals surface area contributed by atoms with E-state index in [9.17, 15) is 9.59 Å². The molecule has 0 aromatic heterocycles. The van der Waals surface area contributed by atoms with Crippen LogP contribution < -0.4 is 24.3 Å². The number of para-hydroxylation sites is 1. The van der Waals surface area contributed by atoms with Gasteiger partial charge in [-0.15, -0.1) is 0 Å². The van der Waals surface area contributed by atoms with Crippen molar-refractivity contribution >= 4 is 11.8 Å². The van der Waals surface area contributed by atoms with Crippen LogP contribution in [-0.4, -0.2) is 38.9 Å². The summed E-state index contributed by atoms with van der Waals surface area (Å²) >= 11 is 0. The zero-order valence-corrected chi connectivity index (χ0v) is 23.0. The van der Waals surface area contributed by atoms with Crippen molar-refractivity contribution in [3.63, 3.8) is 0 Å². The molecule has 0 unspecified atom stereocenters. The lowest BCUT2D eigenvalue weighted by Gasteiger charge is -2.36. The molecule has 41 heavy (non-hydrogen) atoms. The Morgan fingerprint density at radius 1 is 0.902 bits per heavy atom. The van der Waals surface area contributed by atoms with Crippen LogP contribution in [0, 0.1) is 0 Å². The van der Waals surface area contributed by atoms with Crippen LogP contribution in [0.5, 0.6) is 23.0 Å². The van der Waals surface area contributed by atoms with Gasteiger partial charge in [-0.2, -0.15) is 0 Å². The fraction of sp³-hybridized carbons (Fsp3) is 0.273. The number of ether oxygens (including phenoxy) is 5. The van der Waals surface area contributed by atoms with Crippen LogP contribution in [0.3, 0.4) is 0 Å². The molecule has 0 radical (unpaired) electrons. The molecule has 3 aromatic rings. The van der Waals surface area contributed by atoms with Crippen molar-refractivity contribution in [3.05, 3.63) is 106 Å². The maximum atomic E-state index is 13.9. The minimum Gasteiger partial charge on any atom is -0.497 e. The molecule has 210 valence electrons. The summed E-state index contributed by atoms with van der Waals surface area (Å²) in [7, 11) is 1.63. The summed E-state index contributed by atoms with van der Waals surface area (Å²) in [5.41, 5.74) is 4.31. The Bertz CT molecular complexity index is 1520. The van der Waals surface area contributed by atoms with Crippen molar-refractivity contribution in [2.45, 2.75) is 31.6 Å². The Morgan fingerprint density at radius 3 is 2.44 bits per heavy atom. The number of fused-ring (bicyclic) bond motifs is 1. The topological polar surface area (TPSA) is 92.3 Å². The molecule has 2 heterocycles. The number of hydrogen-bond acceptors (Lipinski definition) is 8. The number of Topliss-reactive ketones (excluding diaryl/α,β-unsaturated/α-hetero) is 1. The molecule has 2 atom stereocenters. The summed E-state index contributed by atoms with van der Waals surface area (Å²) in [6.45, 7) is 2.26. The van der Waals surface area contributed by atoms with Crippen molar-refractivity contribution < 1.29 is 33.3 Å². The standard InChI is InChI=1S/C33H31NO7/c1-20-30(33(36)39-15-14-38-25-6-4-3-5-7-25)31(22-10-13-28-29(18-22)41-19-40-28)32-26(34-20)16-23(17-27(32)35)21-8-11-24(37-2)12-9-21/h3-13,18,23,31,34H,14-17,19H2,1-2H3/t23-,31-/m1/s1. The van der Waals surface area contributed by atoms with Crippen molar-refractivity contribution in [2.24, 2.45) is 0 Å². The lowest BCUT2D eigenvalue weighted by molar-refractivity contribution is -0.140. The Kier molecular flexibility index (Phi) is 7.37. The van der Waals surface area contributed by atoms with Gasteiger partial charge >= 0.3 is 5.97 Å². The number of esters is 1. The van der Waals surface area contributed by atoms with Gasteiger partial charge in [0.15, 0.2) is 17.3 Å². The van der Waals surface area contributed by atoms with Crippen LogP contribution in [0.1, 0.15) is 42.7 Å². The van der Waals surface area contributed by atoms with Gasteiger partial charge in [0, 0.05) is 29.3 Å². The predicted octanol–water partition coefficient (Wildman–Crippen LogP) is 5.41. The zero-order chi connectivity index (χ0) is 28.3. The summed E-state index contributed by atoms with van der Waals surface area (Å²) in [5, 5.41) is 3.40. The molecule has 8 heteroatoms. The first-order valence-electron chi connectivity index (χ1n) is 13.6. The first-order valence-corrected chi connectivity index (χ1v) is 13.6. The number of methoxy groups -OCH3 is 1. The van der Waals surface area contributed by atoms with Gasteiger partial charge in [0.05, 0.1) is 12.7 Å². The fourth-order valence-electron chi connectivity index (χ4n) is 5.74. The third-order valence-electron chi connectivity index (χ3n) is 7.69. The highest BCUT2D eigenvalue weighted by Crippen LogP contribution is 2.47. The molecule has 0 bridgehead atoms. The lowest BCUT2D eigenvalue weighted by atomic mass is 9.71. The van der Waals surface area contributed by atoms with Gasteiger partial charge in [-0.25, -0.2) is 4.79 Å². The fourth-order valence-corrected chi connectivity index (χ4v) is 5.74. The van der Waals surface area contributed by atoms with E-state index in [0.29, 0.717) is 46.9 Å². The van der Waals surface area contributed by atoms with Crippen LogP contribution in [0.25, 0.3) is 0 Å². The highest BCUT2D eigenvalue weighted by Gasteiger charge is 2.42. The van der Waals surface area contributed by atoms with Crippen molar-refractivity contribution in [2.75, 3.05) is 27.1 Å². The molecular formula is C33H31NO7. The SMILES string of the molecule is COc1ccc([C@H]2CC(=O)C3=C(C2)NC(C)=C(C(=O)OCCOc2ccccc2)[C@H]3c2ccc3c(c2)OCO3)cc1. The van der Waals surface area contributed by atoms with E-state index in [1.54, 1.807) is 7.11 Å². The van der Waals surface area contributed by atoms with Gasteiger partial charge in [-0.3, -0.25) is 4.79 Å². The van der Waals surface area contributed by atoms with Crippen LogP contribution >= 0.6 is 0 Å². The van der Waals surface area contributed by atoms with Gasteiger partial charge in [-0.1, -0.05) is 36.4 Å². The molecule has 0 amide bonds. The molecule has 3 aromatic carbocycles. The number of dihydropyridines is 1. The molecule has 2 aliphatic heterocycles. The maximum absolute atomic E-state index is 13.9. The Hall–Kier alpha value is -4.72. The minimum atomic E-state index is -0.604. The summed E-state index contributed by atoms with van der Waals surface area (Å²) in [6, 6.07) is 22.7. The van der Waals surface area contributed by atoms with E-state index in [0.717, 1.165) is 22.6 Å². The third kappa shape index (κ3) is 5.37. The van der Waals surface area contributed by atoms with E-state index >= 15 is 0 Å². The molecule has 1 aliphatic carbocycles. The normalized spacial score (nSPS) is 19.4. The number of benzene rings is 3. The van der Waals surface area contributed by atoms with Gasteiger partial charge in [0.2, 0.25) is 6.79 Å². The number of nitrogens with one attached hydrogen (secondary N) is 1. The average molecular weight is 554 g/mol. The van der Waals surface area contributed by atoms with Gasteiger partial charge in [0.25, 0.3) is 0 Å². The highest BCUT2D eigenvalue weighted by atomic mass is 16.7. The predicted molar refractivity (Wildman–Crippen MR) is 151 cm³/mol.